The van der Waals surface area contributed by atoms with Gasteiger partial charge in [0.25, 0.3) is 0 Å². The SMILES string of the molecule is CN1[C@@H]2CCC[C@H]1CC(OCc1ccccc1F)C2. The highest BCUT2D eigenvalue weighted by Crippen LogP contribution is 2.34. The molecule has 0 N–H and O–H groups in total. The highest BCUT2D eigenvalue weighted by molar-refractivity contribution is 5.16. The van der Waals surface area contributed by atoms with Gasteiger partial charge in [0.15, 0.2) is 0 Å². The molecule has 104 valence electrons. The Bertz CT molecular complexity index is 423. The number of halogens is 1. The molecule has 19 heavy (non-hydrogen) atoms. The predicted octanol–water partition coefficient (Wildman–Crippen LogP) is 3.36. The van der Waals surface area contributed by atoms with Gasteiger partial charge in [-0.2, -0.15) is 0 Å². The maximum absolute atomic E-state index is 13.5. The quantitative estimate of drug-likeness (QED) is 0.829. The van der Waals surface area contributed by atoms with Gasteiger partial charge >= 0.3 is 0 Å². The minimum atomic E-state index is -0.157. The molecule has 2 saturated heterocycles. The number of hydrogen-bond donors (Lipinski definition) is 0. The molecule has 2 aliphatic rings. The van der Waals surface area contributed by atoms with Crippen LogP contribution in [0.15, 0.2) is 24.3 Å². The fraction of sp³-hybridized carbons (Fsp3) is 0.625. The standard InChI is InChI=1S/C16H22FNO/c1-18-13-6-4-7-14(18)10-15(9-13)19-11-12-5-2-3-8-16(12)17/h2-3,5,8,13-15H,4,6-7,9-11H2,1H3/t13-,14+,15?. The molecule has 0 aromatic heterocycles. The zero-order valence-electron chi connectivity index (χ0n) is 11.5. The molecule has 0 aliphatic carbocycles. The highest BCUT2D eigenvalue weighted by atomic mass is 19.1. The summed E-state index contributed by atoms with van der Waals surface area (Å²) in [4.78, 5) is 2.52. The molecular weight excluding hydrogens is 241 g/mol. The van der Waals surface area contributed by atoms with Crippen molar-refractivity contribution in [1.29, 1.82) is 0 Å². The topological polar surface area (TPSA) is 12.5 Å². The van der Waals surface area contributed by atoms with E-state index in [0.29, 0.717) is 30.4 Å². The van der Waals surface area contributed by atoms with E-state index < -0.39 is 0 Å². The summed E-state index contributed by atoms with van der Waals surface area (Å²) in [5, 5.41) is 0. The largest absolute Gasteiger partial charge is 0.373 e. The summed E-state index contributed by atoms with van der Waals surface area (Å²) in [6, 6.07) is 8.23. The number of rotatable bonds is 3. The second-order valence-corrected chi connectivity index (χ2v) is 5.90. The van der Waals surface area contributed by atoms with Crippen molar-refractivity contribution in [2.75, 3.05) is 7.05 Å². The van der Waals surface area contributed by atoms with Gasteiger partial charge in [0.05, 0.1) is 12.7 Å². The van der Waals surface area contributed by atoms with Crippen molar-refractivity contribution in [2.24, 2.45) is 0 Å². The Morgan fingerprint density at radius 1 is 1.21 bits per heavy atom. The van der Waals surface area contributed by atoms with Crippen molar-refractivity contribution in [1.82, 2.24) is 4.90 Å². The van der Waals surface area contributed by atoms with E-state index in [9.17, 15) is 4.39 Å². The van der Waals surface area contributed by atoms with Gasteiger partial charge in [-0.05, 0) is 38.8 Å². The van der Waals surface area contributed by atoms with Crippen LogP contribution in [0.3, 0.4) is 0 Å². The van der Waals surface area contributed by atoms with Crippen LogP contribution in [-0.2, 0) is 11.3 Å². The van der Waals surface area contributed by atoms with E-state index in [1.807, 2.05) is 12.1 Å². The second kappa shape index (κ2) is 5.59. The summed E-state index contributed by atoms with van der Waals surface area (Å²) in [6.45, 7) is 0.403. The summed E-state index contributed by atoms with van der Waals surface area (Å²) in [7, 11) is 2.24. The second-order valence-electron chi connectivity index (χ2n) is 5.90. The molecule has 3 atom stereocenters. The molecule has 0 radical (unpaired) electrons. The van der Waals surface area contributed by atoms with Crippen LogP contribution in [0.2, 0.25) is 0 Å². The van der Waals surface area contributed by atoms with Crippen LogP contribution < -0.4 is 0 Å². The molecule has 2 fully saturated rings. The summed E-state index contributed by atoms with van der Waals surface area (Å²) in [5.74, 6) is -0.157. The molecule has 0 spiro atoms. The van der Waals surface area contributed by atoms with Gasteiger partial charge in [-0.25, -0.2) is 4.39 Å². The van der Waals surface area contributed by atoms with Gasteiger partial charge in [0.2, 0.25) is 0 Å². The van der Waals surface area contributed by atoms with Crippen LogP contribution in [0.25, 0.3) is 0 Å². The Kier molecular flexibility index (Phi) is 3.85. The van der Waals surface area contributed by atoms with Gasteiger partial charge in [0.1, 0.15) is 5.82 Å². The molecule has 0 amide bonds. The van der Waals surface area contributed by atoms with Gasteiger partial charge in [0, 0.05) is 17.6 Å². The van der Waals surface area contributed by atoms with Crippen molar-refractivity contribution in [3.05, 3.63) is 35.6 Å². The molecule has 3 heteroatoms. The van der Waals surface area contributed by atoms with Crippen LogP contribution in [0.5, 0.6) is 0 Å². The minimum absolute atomic E-state index is 0.157. The van der Waals surface area contributed by atoms with Gasteiger partial charge in [-0.1, -0.05) is 24.6 Å². The van der Waals surface area contributed by atoms with Crippen molar-refractivity contribution in [3.63, 3.8) is 0 Å². The number of nitrogens with zero attached hydrogens (tertiary/aromatic N) is 1. The Labute approximate surface area is 114 Å². The van der Waals surface area contributed by atoms with Crippen LogP contribution in [0.1, 0.15) is 37.7 Å². The van der Waals surface area contributed by atoms with Crippen LogP contribution in [0.4, 0.5) is 4.39 Å². The fourth-order valence-electron chi connectivity index (χ4n) is 3.53. The van der Waals surface area contributed by atoms with Crippen LogP contribution >= 0.6 is 0 Å². The average molecular weight is 263 g/mol. The molecule has 0 saturated carbocycles. The summed E-state index contributed by atoms with van der Waals surface area (Å²) < 4.78 is 19.5. The fourth-order valence-corrected chi connectivity index (χ4v) is 3.53. The maximum Gasteiger partial charge on any atom is 0.128 e. The number of fused-ring (bicyclic) bond motifs is 2. The van der Waals surface area contributed by atoms with E-state index in [2.05, 4.69) is 11.9 Å². The number of piperidine rings is 2. The molecule has 3 rings (SSSR count). The summed E-state index contributed by atoms with van der Waals surface area (Å²) >= 11 is 0. The lowest BCUT2D eigenvalue weighted by Crippen LogP contribution is -2.51. The van der Waals surface area contributed by atoms with E-state index in [4.69, 9.17) is 4.74 Å². The predicted molar refractivity (Wildman–Crippen MR) is 73.4 cm³/mol. The number of hydrogen-bond acceptors (Lipinski definition) is 2. The third kappa shape index (κ3) is 2.82. The first-order valence-electron chi connectivity index (χ1n) is 7.31. The Hall–Kier alpha value is -0.930. The normalized spacial score (nSPS) is 31.4. The molecule has 1 unspecified atom stereocenters. The Balaban J connectivity index is 1.58. The molecule has 1 aromatic carbocycles. The average Bonchev–Trinajstić information content (AvgIpc) is 2.38. The van der Waals surface area contributed by atoms with E-state index >= 15 is 0 Å². The van der Waals surface area contributed by atoms with E-state index in [-0.39, 0.29) is 5.82 Å². The Morgan fingerprint density at radius 2 is 1.89 bits per heavy atom. The molecule has 2 bridgehead atoms. The van der Waals surface area contributed by atoms with E-state index in [0.717, 1.165) is 12.8 Å². The molecule has 2 heterocycles. The number of benzene rings is 1. The van der Waals surface area contributed by atoms with Gasteiger partial charge in [-0.3, -0.25) is 0 Å². The molecule has 2 nitrogen and oxygen atoms in total. The van der Waals surface area contributed by atoms with E-state index in [1.165, 1.54) is 25.3 Å². The maximum atomic E-state index is 13.5. The lowest BCUT2D eigenvalue weighted by Gasteiger charge is -2.46. The lowest BCUT2D eigenvalue weighted by atomic mass is 9.83. The van der Waals surface area contributed by atoms with Crippen LogP contribution in [-0.4, -0.2) is 30.1 Å². The summed E-state index contributed by atoms with van der Waals surface area (Å²) in [5.41, 5.74) is 0.673. The first-order chi connectivity index (χ1) is 9.24. The van der Waals surface area contributed by atoms with Crippen molar-refractivity contribution < 1.29 is 9.13 Å². The highest BCUT2D eigenvalue weighted by Gasteiger charge is 2.36. The third-order valence-corrected chi connectivity index (χ3v) is 4.73. The molecular formula is C16H22FNO. The van der Waals surface area contributed by atoms with Gasteiger partial charge < -0.3 is 9.64 Å². The third-order valence-electron chi connectivity index (χ3n) is 4.73. The monoisotopic (exact) mass is 263 g/mol. The van der Waals surface area contributed by atoms with Crippen molar-refractivity contribution in [2.45, 2.75) is 56.9 Å². The first-order valence-corrected chi connectivity index (χ1v) is 7.31. The molecule has 2 aliphatic heterocycles. The summed E-state index contributed by atoms with van der Waals surface area (Å²) in [6.07, 6.45) is 6.41. The zero-order chi connectivity index (χ0) is 13.2. The van der Waals surface area contributed by atoms with E-state index in [1.54, 1.807) is 6.07 Å². The minimum Gasteiger partial charge on any atom is -0.373 e. The first kappa shape index (κ1) is 13.1. The number of ether oxygens (including phenoxy) is 1. The van der Waals surface area contributed by atoms with Crippen LogP contribution in [0, 0.1) is 5.82 Å². The van der Waals surface area contributed by atoms with Gasteiger partial charge in [-0.15, -0.1) is 0 Å². The molecule has 1 aromatic rings. The van der Waals surface area contributed by atoms with Crippen molar-refractivity contribution in [3.8, 4) is 0 Å². The zero-order valence-corrected chi connectivity index (χ0v) is 11.5. The van der Waals surface area contributed by atoms with Crippen molar-refractivity contribution >= 4 is 0 Å². The Morgan fingerprint density at radius 3 is 2.58 bits per heavy atom. The smallest absolute Gasteiger partial charge is 0.128 e. The lowest BCUT2D eigenvalue weighted by molar-refractivity contribution is -0.0570.